The highest BCUT2D eigenvalue weighted by Crippen LogP contribution is 2.31. The highest BCUT2D eigenvalue weighted by atomic mass is 32.2. The zero-order valence-corrected chi connectivity index (χ0v) is 13.2. The third-order valence-electron chi connectivity index (χ3n) is 3.43. The molecule has 1 fully saturated rings. The van der Waals surface area contributed by atoms with Crippen LogP contribution >= 0.6 is 11.8 Å². The fourth-order valence-corrected chi connectivity index (χ4v) is 5.28. The monoisotopic (exact) mass is 336 g/mol. The van der Waals surface area contributed by atoms with Gasteiger partial charge in [0.15, 0.2) is 4.90 Å². The zero-order chi connectivity index (χ0) is 15.6. The summed E-state index contributed by atoms with van der Waals surface area (Å²) in [5.74, 6) is -1.47. The van der Waals surface area contributed by atoms with Crippen LogP contribution in [0.25, 0.3) is 0 Å². The highest BCUT2D eigenvalue weighted by molar-refractivity contribution is 8.00. The van der Waals surface area contributed by atoms with Crippen LogP contribution in [0, 0.1) is 11.6 Å². The lowest BCUT2D eigenvalue weighted by atomic mass is 10.3. The Labute approximate surface area is 127 Å². The van der Waals surface area contributed by atoms with Gasteiger partial charge in [0.2, 0.25) is 10.0 Å². The molecule has 0 heterocycles. The molecule has 2 unspecified atom stereocenters. The molecule has 0 bridgehead atoms. The second kappa shape index (κ2) is 6.50. The van der Waals surface area contributed by atoms with Crippen molar-refractivity contribution in [2.75, 3.05) is 11.5 Å². The normalized spacial score (nSPS) is 22.6. The van der Waals surface area contributed by atoms with E-state index in [4.69, 9.17) is 5.73 Å². The minimum atomic E-state index is -4.24. The Morgan fingerprint density at radius 1 is 1.33 bits per heavy atom. The maximum atomic E-state index is 13.8. The van der Waals surface area contributed by atoms with E-state index in [1.807, 2.05) is 6.92 Å². The molecule has 8 heteroatoms. The van der Waals surface area contributed by atoms with Crippen LogP contribution in [0.5, 0.6) is 0 Å². The van der Waals surface area contributed by atoms with E-state index in [-0.39, 0.29) is 17.0 Å². The van der Waals surface area contributed by atoms with E-state index < -0.39 is 26.6 Å². The number of hydrogen-bond acceptors (Lipinski definition) is 4. The van der Waals surface area contributed by atoms with Crippen LogP contribution < -0.4 is 10.5 Å². The molecule has 4 nitrogen and oxygen atoms in total. The third-order valence-corrected chi connectivity index (χ3v) is 6.30. The first-order valence-electron chi connectivity index (χ1n) is 6.73. The molecular weight excluding hydrogens is 318 g/mol. The van der Waals surface area contributed by atoms with Gasteiger partial charge in [-0.15, -0.1) is 0 Å². The fraction of sp³-hybridized carbons (Fsp3) is 0.538. The van der Waals surface area contributed by atoms with E-state index in [9.17, 15) is 17.2 Å². The average molecular weight is 336 g/mol. The number of benzene rings is 1. The molecule has 1 aromatic carbocycles. The smallest absolute Gasteiger partial charge is 0.246 e. The van der Waals surface area contributed by atoms with Gasteiger partial charge in [-0.05, 0) is 30.7 Å². The summed E-state index contributed by atoms with van der Waals surface area (Å²) in [6.07, 6.45) is 2.48. The van der Waals surface area contributed by atoms with Gasteiger partial charge in [0, 0.05) is 17.0 Å². The maximum absolute atomic E-state index is 13.8. The zero-order valence-electron chi connectivity index (χ0n) is 11.6. The summed E-state index contributed by atoms with van der Waals surface area (Å²) in [4.78, 5) is -0.955. The van der Waals surface area contributed by atoms with Crippen molar-refractivity contribution in [3.8, 4) is 0 Å². The third kappa shape index (κ3) is 3.67. The van der Waals surface area contributed by atoms with Gasteiger partial charge in [-0.25, -0.2) is 21.9 Å². The minimum Gasteiger partial charge on any atom is -0.399 e. The van der Waals surface area contributed by atoms with Gasteiger partial charge >= 0.3 is 0 Å². The molecule has 118 valence electrons. The van der Waals surface area contributed by atoms with Gasteiger partial charge in [0.25, 0.3) is 0 Å². The topological polar surface area (TPSA) is 72.2 Å². The van der Waals surface area contributed by atoms with Gasteiger partial charge < -0.3 is 5.73 Å². The SMILES string of the molecule is CCSC1CCCC1NS(=O)(=O)c1c(F)cc(N)cc1F. The van der Waals surface area contributed by atoms with Crippen LogP contribution in [0.3, 0.4) is 0 Å². The highest BCUT2D eigenvalue weighted by Gasteiger charge is 2.33. The summed E-state index contributed by atoms with van der Waals surface area (Å²) in [5.41, 5.74) is 5.15. The number of thioether (sulfide) groups is 1. The summed E-state index contributed by atoms with van der Waals surface area (Å²) >= 11 is 1.66. The van der Waals surface area contributed by atoms with Crippen LogP contribution in [-0.4, -0.2) is 25.5 Å². The van der Waals surface area contributed by atoms with Crippen molar-refractivity contribution in [1.29, 1.82) is 0 Å². The first-order valence-corrected chi connectivity index (χ1v) is 9.26. The van der Waals surface area contributed by atoms with Crippen molar-refractivity contribution in [3.05, 3.63) is 23.8 Å². The minimum absolute atomic E-state index is 0.143. The molecule has 0 saturated heterocycles. The Morgan fingerprint density at radius 2 is 1.95 bits per heavy atom. The van der Waals surface area contributed by atoms with Gasteiger partial charge in [-0.2, -0.15) is 11.8 Å². The molecule has 2 rings (SSSR count). The lowest BCUT2D eigenvalue weighted by Gasteiger charge is -2.20. The molecule has 21 heavy (non-hydrogen) atoms. The van der Waals surface area contributed by atoms with Crippen LogP contribution in [0.15, 0.2) is 17.0 Å². The maximum Gasteiger partial charge on any atom is 0.246 e. The van der Waals surface area contributed by atoms with Crippen LogP contribution in [-0.2, 0) is 10.0 Å². The van der Waals surface area contributed by atoms with Crippen molar-refractivity contribution >= 4 is 27.5 Å². The predicted octanol–water partition coefficient (Wildman–Crippen LogP) is 2.50. The Balaban J connectivity index is 2.27. The van der Waals surface area contributed by atoms with Crippen LogP contribution in [0.1, 0.15) is 26.2 Å². The molecule has 0 spiro atoms. The lowest BCUT2D eigenvalue weighted by molar-refractivity contribution is 0.506. The van der Waals surface area contributed by atoms with Crippen LogP contribution in [0.4, 0.5) is 14.5 Å². The van der Waals surface area contributed by atoms with Gasteiger partial charge in [0.05, 0.1) is 0 Å². The summed E-state index contributed by atoms with van der Waals surface area (Å²) in [5, 5.41) is 0.143. The number of sulfonamides is 1. The first-order chi connectivity index (χ1) is 9.85. The first kappa shape index (κ1) is 16.5. The molecular formula is C13H18F2N2O2S2. The molecule has 1 aliphatic rings. The van der Waals surface area contributed by atoms with Gasteiger partial charge in [-0.1, -0.05) is 13.3 Å². The van der Waals surface area contributed by atoms with Crippen molar-refractivity contribution < 1.29 is 17.2 Å². The quantitative estimate of drug-likeness (QED) is 0.811. The molecule has 1 aromatic rings. The van der Waals surface area contributed by atoms with Crippen molar-refractivity contribution in [3.63, 3.8) is 0 Å². The number of nitrogens with two attached hydrogens (primary N) is 1. The van der Waals surface area contributed by atoms with E-state index in [1.165, 1.54) is 0 Å². The van der Waals surface area contributed by atoms with E-state index in [0.717, 1.165) is 30.7 Å². The molecule has 1 saturated carbocycles. The average Bonchev–Trinajstić information content (AvgIpc) is 2.74. The molecule has 3 N–H and O–H groups in total. The number of halogens is 2. The van der Waals surface area contributed by atoms with Crippen LogP contribution in [0.2, 0.25) is 0 Å². The predicted molar refractivity (Wildman–Crippen MR) is 80.7 cm³/mol. The Morgan fingerprint density at radius 3 is 2.52 bits per heavy atom. The summed E-state index contributed by atoms with van der Waals surface area (Å²) < 4.78 is 54.5. The Kier molecular flexibility index (Phi) is 5.11. The van der Waals surface area contributed by atoms with E-state index in [2.05, 4.69) is 4.72 Å². The summed E-state index contributed by atoms with van der Waals surface area (Å²) in [7, 11) is -4.24. The number of rotatable bonds is 5. The van der Waals surface area contributed by atoms with Gasteiger partial charge in [0.1, 0.15) is 11.6 Å². The largest absolute Gasteiger partial charge is 0.399 e. The number of anilines is 1. The van der Waals surface area contributed by atoms with Crippen molar-refractivity contribution in [2.24, 2.45) is 0 Å². The Hall–Kier alpha value is -0.860. The fourth-order valence-electron chi connectivity index (χ4n) is 2.57. The van der Waals surface area contributed by atoms with E-state index in [0.29, 0.717) is 6.42 Å². The van der Waals surface area contributed by atoms with Gasteiger partial charge in [-0.3, -0.25) is 0 Å². The number of nitrogens with one attached hydrogen (secondary N) is 1. The molecule has 0 amide bonds. The standard InChI is InChI=1S/C13H18F2N2O2S2/c1-2-20-12-5-3-4-11(12)17-21(18,19)13-9(14)6-8(16)7-10(13)15/h6-7,11-12,17H,2-5,16H2,1H3. The molecule has 0 radical (unpaired) electrons. The van der Waals surface area contributed by atoms with Crippen molar-refractivity contribution in [1.82, 2.24) is 4.72 Å². The summed E-state index contributed by atoms with van der Waals surface area (Å²) in [6.45, 7) is 1.99. The second-order valence-electron chi connectivity index (χ2n) is 4.97. The Bertz CT molecular complexity index is 600. The number of hydrogen-bond donors (Lipinski definition) is 2. The molecule has 0 aromatic heterocycles. The van der Waals surface area contributed by atoms with Crippen molar-refractivity contribution in [2.45, 2.75) is 42.4 Å². The summed E-state index contributed by atoms with van der Waals surface area (Å²) in [6, 6.07) is 1.33. The van der Waals surface area contributed by atoms with E-state index >= 15 is 0 Å². The molecule has 2 atom stereocenters. The lowest BCUT2D eigenvalue weighted by Crippen LogP contribution is -2.39. The molecule has 0 aliphatic heterocycles. The van der Waals surface area contributed by atoms with E-state index in [1.54, 1.807) is 11.8 Å². The second-order valence-corrected chi connectivity index (χ2v) is 8.13. The number of nitrogen functional groups attached to an aromatic ring is 1. The molecule has 1 aliphatic carbocycles.